The van der Waals surface area contributed by atoms with E-state index < -0.39 is 0 Å². The summed E-state index contributed by atoms with van der Waals surface area (Å²) in [5.41, 5.74) is 3.16. The van der Waals surface area contributed by atoms with Gasteiger partial charge >= 0.3 is 0 Å². The maximum absolute atomic E-state index is 12.7. The highest BCUT2D eigenvalue weighted by Crippen LogP contribution is 2.28. The van der Waals surface area contributed by atoms with Crippen LogP contribution in [0, 0.1) is 5.92 Å². The normalized spacial score (nSPS) is 13.9. The molecule has 0 bridgehead atoms. The zero-order chi connectivity index (χ0) is 23.1. The van der Waals surface area contributed by atoms with E-state index in [1.807, 2.05) is 55.2 Å². The molecule has 168 valence electrons. The third-order valence-corrected chi connectivity index (χ3v) is 6.40. The third-order valence-electron chi connectivity index (χ3n) is 4.57. The maximum atomic E-state index is 12.7. The van der Waals surface area contributed by atoms with Crippen LogP contribution in [0.2, 0.25) is 5.02 Å². The molecular weight excluding hydrogens is 442 g/mol. The number of carbonyl (C=O) groups excluding carboxylic acids is 1. The first kappa shape index (κ1) is 23.9. The van der Waals surface area contributed by atoms with Crippen molar-refractivity contribution in [3.05, 3.63) is 82.3 Å². The van der Waals surface area contributed by atoms with Crippen molar-refractivity contribution >= 4 is 41.2 Å². The summed E-state index contributed by atoms with van der Waals surface area (Å²) in [6.07, 6.45) is 9.09. The van der Waals surface area contributed by atoms with Crippen molar-refractivity contribution in [2.45, 2.75) is 31.8 Å². The molecule has 32 heavy (non-hydrogen) atoms. The molecule has 2 aromatic rings. The Hall–Kier alpha value is -2.77. The minimum Gasteiger partial charge on any atom is -0.683 e. The van der Waals surface area contributed by atoms with Gasteiger partial charge < -0.3 is 16.0 Å². The second-order valence-electron chi connectivity index (χ2n) is 7.96. The van der Waals surface area contributed by atoms with Gasteiger partial charge in [-0.25, -0.2) is 9.56 Å². The van der Waals surface area contributed by atoms with Gasteiger partial charge in [-0.15, -0.1) is 11.8 Å². The van der Waals surface area contributed by atoms with Gasteiger partial charge in [0.1, 0.15) is 12.1 Å². The van der Waals surface area contributed by atoms with E-state index in [4.69, 9.17) is 11.6 Å². The molecule has 0 fully saturated rings. The van der Waals surface area contributed by atoms with Crippen LogP contribution in [0.5, 0.6) is 0 Å². The van der Waals surface area contributed by atoms with E-state index in [1.54, 1.807) is 36.4 Å². The van der Waals surface area contributed by atoms with Crippen LogP contribution < -0.4 is 10.6 Å². The fourth-order valence-electron chi connectivity index (χ4n) is 2.87. The number of pyridine rings is 1. The number of rotatable bonds is 10. The topological polar surface area (TPSA) is 71.1 Å². The molecule has 3 rings (SSSR count). The highest BCUT2D eigenvalue weighted by Gasteiger charge is 2.12. The number of carbonyl (C=O) groups is 1. The maximum Gasteiger partial charge on any atom is 0.257 e. The van der Waals surface area contributed by atoms with Crippen LogP contribution in [0.4, 0.5) is 5.69 Å². The van der Waals surface area contributed by atoms with Gasteiger partial charge in [0.15, 0.2) is 18.1 Å². The third kappa shape index (κ3) is 6.87. The molecule has 1 unspecified atom stereocenters. The lowest BCUT2D eigenvalue weighted by atomic mass is 10.1. The minimum atomic E-state index is -0.249. The molecular formula is C24H28ClN5OS. The summed E-state index contributed by atoms with van der Waals surface area (Å²) in [5, 5.41) is 11.8. The van der Waals surface area contributed by atoms with Crippen molar-refractivity contribution in [1.29, 1.82) is 0 Å². The highest BCUT2D eigenvalue weighted by atomic mass is 35.5. The molecule has 1 aliphatic rings. The Balaban J connectivity index is 1.56. The molecule has 2 N–H and O–H groups in total. The number of allylic oxidation sites excluding steroid dienone is 1. The lowest BCUT2D eigenvalue weighted by Gasteiger charge is -2.26. The van der Waals surface area contributed by atoms with Crippen LogP contribution in [-0.2, 0) is 0 Å². The zero-order valence-corrected chi connectivity index (χ0v) is 20.2. The molecule has 1 aliphatic heterocycles. The molecule has 1 amide bonds. The summed E-state index contributed by atoms with van der Waals surface area (Å²) in [5.74, 6) is 1.21. The number of nitrogens with zero attached hydrogens (tertiary/aromatic N) is 3. The predicted octanol–water partition coefficient (Wildman–Crippen LogP) is 5.80. The molecule has 0 saturated carbocycles. The standard InChI is InChI=1S/C24H28ClN5OS/c1-16(2)15-32-24-22(25)11-19(12-28-24)23(31)29-20-7-5-6-18(10-20)17(3)26-8-9-27-21-13-30(4)14-21/h5-14,16-17,27H,15H2,1-4H3,(H,29,31). The van der Waals surface area contributed by atoms with Crippen molar-refractivity contribution < 1.29 is 9.37 Å². The molecule has 0 spiro atoms. The fraction of sp³-hybridized carbons (Fsp3) is 0.292. The van der Waals surface area contributed by atoms with Crippen molar-refractivity contribution in [3.8, 4) is 0 Å². The highest BCUT2D eigenvalue weighted by molar-refractivity contribution is 7.99. The van der Waals surface area contributed by atoms with Gasteiger partial charge in [0, 0.05) is 17.6 Å². The lowest BCUT2D eigenvalue weighted by Crippen LogP contribution is -2.21. The number of aromatic nitrogens is 1. The first-order valence-corrected chi connectivity index (χ1v) is 11.8. The number of nitrogens with one attached hydrogen (secondary N) is 2. The molecule has 2 heterocycles. The number of hydrogen-bond donors (Lipinski definition) is 2. The number of amides is 1. The molecule has 6 nitrogen and oxygen atoms in total. The molecule has 8 heteroatoms. The Labute approximate surface area is 198 Å². The van der Waals surface area contributed by atoms with Gasteiger partial charge in [0.05, 0.1) is 10.6 Å². The lowest BCUT2D eigenvalue weighted by molar-refractivity contribution is -0.429. The van der Waals surface area contributed by atoms with Crippen molar-refractivity contribution in [2.24, 2.45) is 5.92 Å². The average Bonchev–Trinajstić information content (AvgIpc) is 2.74. The molecule has 1 aromatic heterocycles. The summed E-state index contributed by atoms with van der Waals surface area (Å²) >= 11 is 7.93. The minimum absolute atomic E-state index is 0.0553. The monoisotopic (exact) mass is 469 g/mol. The first-order valence-electron chi connectivity index (χ1n) is 10.4. The Bertz CT molecular complexity index is 1060. The summed E-state index contributed by atoms with van der Waals surface area (Å²) in [4.78, 5) is 17.0. The SMILES string of the molecule is CC(C)CSc1ncc(C(=O)Nc2cccc(C(C)[N-]C=CNC3=C[N+](C)=C3)c2)cc1Cl. The van der Waals surface area contributed by atoms with Gasteiger partial charge in [0.25, 0.3) is 5.91 Å². The van der Waals surface area contributed by atoms with Crippen molar-refractivity contribution in [1.82, 2.24) is 10.3 Å². The van der Waals surface area contributed by atoms with Gasteiger partial charge in [-0.1, -0.05) is 56.1 Å². The van der Waals surface area contributed by atoms with E-state index in [9.17, 15) is 4.79 Å². The smallest absolute Gasteiger partial charge is 0.257 e. The zero-order valence-electron chi connectivity index (χ0n) is 18.7. The second kappa shape index (κ2) is 11.2. The number of halogens is 1. The van der Waals surface area contributed by atoms with E-state index in [0.717, 1.165) is 22.0 Å². The van der Waals surface area contributed by atoms with Crippen LogP contribution in [0.3, 0.4) is 0 Å². The van der Waals surface area contributed by atoms with Gasteiger partial charge in [-0.2, -0.15) is 6.20 Å². The van der Waals surface area contributed by atoms with Crippen LogP contribution in [-0.4, -0.2) is 34.5 Å². The number of benzene rings is 1. The van der Waals surface area contributed by atoms with Crippen LogP contribution in [0.15, 0.2) is 65.9 Å². The Morgan fingerprint density at radius 2 is 2.09 bits per heavy atom. The van der Waals surface area contributed by atoms with Crippen molar-refractivity contribution in [2.75, 3.05) is 18.1 Å². The van der Waals surface area contributed by atoms with Gasteiger partial charge in [-0.05, 0) is 30.3 Å². The van der Waals surface area contributed by atoms with E-state index >= 15 is 0 Å². The quantitative estimate of drug-likeness (QED) is 0.341. The molecule has 1 aromatic carbocycles. The second-order valence-corrected chi connectivity index (χ2v) is 9.38. The van der Waals surface area contributed by atoms with E-state index in [2.05, 4.69) is 34.8 Å². The van der Waals surface area contributed by atoms with E-state index in [1.165, 1.54) is 0 Å². The molecule has 0 radical (unpaired) electrons. The Kier molecular flexibility index (Phi) is 8.36. The fourth-order valence-corrected chi connectivity index (χ4v) is 4.02. The predicted molar refractivity (Wildman–Crippen MR) is 134 cm³/mol. The van der Waals surface area contributed by atoms with E-state index in [-0.39, 0.29) is 11.9 Å². The van der Waals surface area contributed by atoms with Gasteiger partial charge in [0.2, 0.25) is 0 Å². The van der Waals surface area contributed by atoms with Crippen molar-refractivity contribution in [3.63, 3.8) is 0 Å². The summed E-state index contributed by atoms with van der Waals surface area (Å²) in [7, 11) is 1.97. The van der Waals surface area contributed by atoms with Gasteiger partial charge in [-0.3, -0.25) is 4.79 Å². The summed E-state index contributed by atoms with van der Waals surface area (Å²) < 4.78 is 1.97. The molecule has 0 aliphatic carbocycles. The Morgan fingerprint density at radius 3 is 2.78 bits per heavy atom. The van der Waals surface area contributed by atoms with E-state index in [0.29, 0.717) is 22.2 Å². The first-order chi connectivity index (χ1) is 15.3. The number of hydrogen-bond acceptors (Lipinski definition) is 4. The van der Waals surface area contributed by atoms with Crippen LogP contribution in [0.25, 0.3) is 5.32 Å². The molecule has 0 saturated heterocycles. The van der Waals surface area contributed by atoms with Crippen LogP contribution in [0.1, 0.15) is 42.7 Å². The summed E-state index contributed by atoms with van der Waals surface area (Å²) in [6.45, 7) is 6.29. The average molecular weight is 470 g/mol. The summed E-state index contributed by atoms with van der Waals surface area (Å²) in [6, 6.07) is 9.27. The molecule has 1 atom stereocenters. The number of thioether (sulfide) groups is 1. The Morgan fingerprint density at radius 1 is 1.31 bits per heavy atom. The largest absolute Gasteiger partial charge is 0.683 e. The number of anilines is 1. The van der Waals surface area contributed by atoms with Crippen LogP contribution >= 0.6 is 23.4 Å².